The van der Waals surface area contributed by atoms with Crippen LogP contribution in [0.5, 0.6) is 0 Å². The van der Waals surface area contributed by atoms with E-state index in [1.807, 2.05) is 0 Å². The van der Waals surface area contributed by atoms with Crippen molar-refractivity contribution in [3.8, 4) is 44.5 Å². The first-order valence-corrected chi connectivity index (χ1v) is 31.0. The van der Waals surface area contributed by atoms with Gasteiger partial charge >= 0.3 is 0 Å². The first-order valence-electron chi connectivity index (χ1n) is 30.2. The van der Waals surface area contributed by atoms with Crippen LogP contribution in [0.2, 0.25) is 10.0 Å². The molecule has 7 aromatic rings. The van der Waals surface area contributed by atoms with Crippen LogP contribution in [0.1, 0.15) is 230 Å². The van der Waals surface area contributed by atoms with Crippen molar-refractivity contribution in [1.29, 1.82) is 0 Å². The van der Waals surface area contributed by atoms with Crippen LogP contribution in [0, 0.1) is 0 Å². The molecule has 0 saturated carbocycles. The van der Waals surface area contributed by atoms with Crippen molar-refractivity contribution in [3.05, 3.63) is 154 Å². The van der Waals surface area contributed by atoms with Crippen LogP contribution in [-0.2, 0) is 10.8 Å². The van der Waals surface area contributed by atoms with Gasteiger partial charge in [0.1, 0.15) is 0 Å². The fraction of sp³-hybridized carbons (Fsp3) is 0.472. The number of rotatable bonds is 30. The second-order valence-electron chi connectivity index (χ2n) is 22.9. The maximum absolute atomic E-state index is 7.67. The quantitative estimate of drug-likeness (QED) is 0.0311. The molecule has 0 N–H and O–H groups in total. The summed E-state index contributed by atoms with van der Waals surface area (Å²) in [6.45, 7) is 9.30. The van der Waals surface area contributed by atoms with E-state index in [9.17, 15) is 0 Å². The van der Waals surface area contributed by atoms with Crippen molar-refractivity contribution < 1.29 is 0 Å². The maximum Gasteiger partial charge on any atom is 0.0491 e. The van der Waals surface area contributed by atoms with Crippen LogP contribution < -0.4 is 0 Å². The van der Waals surface area contributed by atoms with Gasteiger partial charge in [-0.05, 0) is 127 Å². The van der Waals surface area contributed by atoms with Gasteiger partial charge in [0.25, 0.3) is 0 Å². The highest BCUT2D eigenvalue weighted by Gasteiger charge is 2.44. The molecule has 0 radical (unpaired) electrons. The van der Waals surface area contributed by atoms with Crippen molar-refractivity contribution in [3.63, 3.8) is 0 Å². The highest BCUT2D eigenvalue weighted by Crippen LogP contribution is 2.58. The average molecular weight is 1020 g/mol. The molecule has 2 aliphatic carbocycles. The van der Waals surface area contributed by atoms with E-state index in [4.69, 9.17) is 23.2 Å². The van der Waals surface area contributed by atoms with E-state index in [2.05, 4.69) is 149 Å². The van der Waals surface area contributed by atoms with Gasteiger partial charge in [-0.25, -0.2) is 0 Å². The summed E-state index contributed by atoms with van der Waals surface area (Å²) in [5.41, 5.74) is 16.7. The summed E-state index contributed by atoms with van der Waals surface area (Å²) in [5.74, 6) is 0. The summed E-state index contributed by atoms with van der Waals surface area (Å²) in [6, 6.07) is 47.1. The Hall–Kier alpha value is -4.36. The normalized spacial score (nSPS) is 13.9. The molecule has 0 heterocycles. The molecule has 2 heteroatoms. The van der Waals surface area contributed by atoms with Gasteiger partial charge in [-0.3, -0.25) is 0 Å². The average Bonchev–Trinajstić information content (AvgIpc) is 3.85. The summed E-state index contributed by atoms with van der Waals surface area (Å²) >= 11 is 15.3. The molecule has 0 aromatic heterocycles. The van der Waals surface area contributed by atoms with E-state index in [1.165, 1.54) is 246 Å². The number of fused-ring (bicyclic) bond motifs is 8. The predicted octanol–water partition coefficient (Wildman–Crippen LogP) is 24.2. The monoisotopic (exact) mass is 1020 g/mol. The molecule has 390 valence electrons. The highest BCUT2D eigenvalue weighted by molar-refractivity contribution is 6.42. The lowest BCUT2D eigenvalue weighted by atomic mass is 9.70. The smallest absolute Gasteiger partial charge is 0.0491 e. The largest absolute Gasteiger partial charge is 0.0836 e. The van der Waals surface area contributed by atoms with E-state index in [0.717, 1.165) is 20.8 Å². The zero-order valence-corrected chi connectivity index (χ0v) is 47.6. The molecule has 0 saturated heterocycles. The standard InChI is InChI=1S/C72H88Cl2/c1-5-9-13-17-21-29-47-71(48-30-22-18-14-10-6-2)61-39-27-25-35-55(61)57-45-43-53(51-63(57)71)67-59-37-33-42-66(74)70(59)68(60-38-34-41-65(73)69(60)67)54-44-46-58-56-36-26-28-40-62(56)72(64(58)52-54,49-31-23-19-15-11-7-3)50-32-24-20-16-12-8-4/h25-28,33-46,51-52H,5-24,29-32,47-50H2,1-4H3. The van der Waals surface area contributed by atoms with Gasteiger partial charge in [-0.2, -0.15) is 0 Å². The Bertz CT molecular complexity index is 2720. The van der Waals surface area contributed by atoms with Gasteiger partial charge < -0.3 is 0 Å². The molecule has 2 aliphatic rings. The summed E-state index contributed by atoms with van der Waals surface area (Å²) in [7, 11) is 0. The predicted molar refractivity (Wildman–Crippen MR) is 327 cm³/mol. The Morgan fingerprint density at radius 1 is 0.297 bits per heavy atom. The number of hydrogen-bond acceptors (Lipinski definition) is 0. The van der Waals surface area contributed by atoms with E-state index in [0.29, 0.717) is 0 Å². The molecule has 7 aromatic carbocycles. The summed E-state index contributed by atoms with van der Waals surface area (Å²) in [4.78, 5) is 0. The molecule has 0 atom stereocenters. The van der Waals surface area contributed by atoms with Crippen molar-refractivity contribution >= 4 is 44.7 Å². The van der Waals surface area contributed by atoms with Crippen molar-refractivity contribution in [1.82, 2.24) is 0 Å². The molecule has 9 rings (SSSR count). The van der Waals surface area contributed by atoms with Gasteiger partial charge in [-0.15, -0.1) is 0 Å². The lowest BCUT2D eigenvalue weighted by molar-refractivity contribution is 0.398. The van der Waals surface area contributed by atoms with Crippen molar-refractivity contribution in [2.45, 2.75) is 218 Å². The van der Waals surface area contributed by atoms with Gasteiger partial charge in [0.15, 0.2) is 0 Å². The zero-order valence-electron chi connectivity index (χ0n) is 46.1. The van der Waals surface area contributed by atoms with Gasteiger partial charge in [0.05, 0.1) is 0 Å². The lowest BCUT2D eigenvalue weighted by Crippen LogP contribution is -2.25. The third kappa shape index (κ3) is 11.2. The van der Waals surface area contributed by atoms with Crippen LogP contribution in [0.25, 0.3) is 66.1 Å². The first-order chi connectivity index (χ1) is 36.4. The minimum Gasteiger partial charge on any atom is -0.0836 e. The van der Waals surface area contributed by atoms with Crippen LogP contribution in [0.4, 0.5) is 0 Å². The summed E-state index contributed by atoms with van der Waals surface area (Å²) < 4.78 is 0. The molecule has 74 heavy (non-hydrogen) atoms. The lowest BCUT2D eigenvalue weighted by Gasteiger charge is -2.33. The molecule has 0 spiro atoms. The van der Waals surface area contributed by atoms with Gasteiger partial charge in [0, 0.05) is 31.6 Å². The minimum absolute atomic E-state index is 0.0239. The Morgan fingerprint density at radius 2 is 0.608 bits per heavy atom. The third-order valence-corrected chi connectivity index (χ3v) is 18.6. The fourth-order valence-electron chi connectivity index (χ4n) is 14.2. The van der Waals surface area contributed by atoms with Crippen LogP contribution in [0.3, 0.4) is 0 Å². The Labute approximate surface area is 458 Å². The summed E-state index contributed by atoms with van der Waals surface area (Å²) in [5, 5.41) is 6.19. The first kappa shape index (κ1) is 54.4. The number of halogens is 2. The maximum atomic E-state index is 7.67. The molecular weight excluding hydrogens is 936 g/mol. The molecule has 0 amide bonds. The van der Waals surface area contributed by atoms with Gasteiger partial charge in [-0.1, -0.05) is 302 Å². The number of benzene rings is 7. The highest BCUT2D eigenvalue weighted by atomic mass is 35.5. The van der Waals surface area contributed by atoms with Gasteiger partial charge in [0.2, 0.25) is 0 Å². The third-order valence-electron chi connectivity index (χ3n) is 18.0. The van der Waals surface area contributed by atoms with Crippen LogP contribution in [-0.4, -0.2) is 0 Å². The molecule has 0 aliphatic heterocycles. The molecule has 0 unspecified atom stereocenters. The SMILES string of the molecule is CCCCCCCCC1(CCCCCCCC)c2ccccc2-c2ccc(-c3c4cccc(Cl)c4c(-c4ccc5c(c4)C(CCCCCCCC)(CCCCCCCC)c4ccccc4-5)c4cccc(Cl)c34)cc21. The Morgan fingerprint density at radius 3 is 0.959 bits per heavy atom. The second-order valence-corrected chi connectivity index (χ2v) is 23.7. The van der Waals surface area contributed by atoms with E-state index < -0.39 is 0 Å². The van der Waals surface area contributed by atoms with E-state index in [1.54, 1.807) is 11.1 Å². The van der Waals surface area contributed by atoms with Crippen LogP contribution in [0.15, 0.2) is 121 Å². The zero-order chi connectivity index (χ0) is 51.3. The molecule has 0 bridgehead atoms. The topological polar surface area (TPSA) is 0 Å². The number of hydrogen-bond donors (Lipinski definition) is 0. The van der Waals surface area contributed by atoms with Crippen molar-refractivity contribution in [2.24, 2.45) is 0 Å². The molecule has 0 nitrogen and oxygen atoms in total. The van der Waals surface area contributed by atoms with Crippen LogP contribution >= 0.6 is 23.2 Å². The number of unbranched alkanes of at least 4 members (excludes halogenated alkanes) is 20. The van der Waals surface area contributed by atoms with Crippen molar-refractivity contribution in [2.75, 3.05) is 0 Å². The Kier molecular flexibility index (Phi) is 19.2. The molecular formula is C72H88Cl2. The Balaban J connectivity index is 1.19. The minimum atomic E-state index is -0.0239. The second kappa shape index (κ2) is 26.1. The van der Waals surface area contributed by atoms with E-state index in [-0.39, 0.29) is 10.8 Å². The molecule has 0 fully saturated rings. The van der Waals surface area contributed by atoms with E-state index >= 15 is 0 Å². The summed E-state index contributed by atoms with van der Waals surface area (Å²) in [6.07, 6.45) is 36.2. The fourth-order valence-corrected chi connectivity index (χ4v) is 14.8.